The van der Waals surface area contributed by atoms with Gasteiger partial charge in [0.05, 0.1) is 27.9 Å². The van der Waals surface area contributed by atoms with Gasteiger partial charge in [0.2, 0.25) is 17.6 Å². The topological polar surface area (TPSA) is 146 Å². The van der Waals surface area contributed by atoms with Gasteiger partial charge in [0.15, 0.2) is 11.5 Å². The Hall–Kier alpha value is -4.06. The van der Waals surface area contributed by atoms with E-state index in [4.69, 9.17) is 24.4 Å². The molecule has 1 aromatic carbocycles. The lowest BCUT2D eigenvalue weighted by Crippen LogP contribution is -2.51. The summed E-state index contributed by atoms with van der Waals surface area (Å²) in [6.07, 6.45) is 6.63. The third-order valence-corrected chi connectivity index (χ3v) is 5.98. The van der Waals surface area contributed by atoms with E-state index in [1.165, 1.54) is 0 Å². The molecule has 0 aromatic heterocycles. The van der Waals surface area contributed by atoms with Crippen LogP contribution in [0.25, 0.3) is 6.08 Å². The molecule has 0 spiro atoms. The summed E-state index contributed by atoms with van der Waals surface area (Å²) in [6.45, 7) is 4.86. The molecule has 0 unspecified atom stereocenters. The summed E-state index contributed by atoms with van der Waals surface area (Å²) in [4.78, 5) is 49.9. The molecule has 0 saturated carbocycles. The number of benzene rings is 1. The predicted molar refractivity (Wildman–Crippen MR) is 138 cm³/mol. The van der Waals surface area contributed by atoms with Crippen molar-refractivity contribution in [3.05, 3.63) is 35.9 Å². The molecule has 38 heavy (non-hydrogen) atoms. The zero-order valence-electron chi connectivity index (χ0n) is 21.9. The lowest BCUT2D eigenvalue weighted by molar-refractivity contribution is -0.134. The van der Waals surface area contributed by atoms with Gasteiger partial charge in [-0.1, -0.05) is 0 Å². The van der Waals surface area contributed by atoms with Crippen LogP contribution in [-0.2, 0) is 19.2 Å². The van der Waals surface area contributed by atoms with Crippen LogP contribution in [0.2, 0.25) is 0 Å². The molecule has 2 aliphatic rings. The lowest BCUT2D eigenvalue weighted by Gasteiger charge is -2.34. The highest BCUT2D eigenvalue weighted by molar-refractivity contribution is 5.92. The van der Waals surface area contributed by atoms with Crippen molar-refractivity contribution in [1.29, 1.82) is 0 Å². The lowest BCUT2D eigenvalue weighted by atomic mass is 10.1. The zero-order valence-corrected chi connectivity index (χ0v) is 21.9. The van der Waals surface area contributed by atoms with Gasteiger partial charge in [-0.25, -0.2) is 9.59 Å². The van der Waals surface area contributed by atoms with Gasteiger partial charge in [0.1, 0.15) is 0 Å². The van der Waals surface area contributed by atoms with E-state index in [1.54, 1.807) is 45.6 Å². The number of carboxylic acids is 2. The molecule has 12 nitrogen and oxygen atoms in total. The summed E-state index contributed by atoms with van der Waals surface area (Å²) in [7, 11) is 4.67. The Kier molecular flexibility index (Phi) is 12.1. The molecule has 2 aliphatic heterocycles. The van der Waals surface area contributed by atoms with Crippen LogP contribution in [0.5, 0.6) is 17.2 Å². The van der Waals surface area contributed by atoms with Crippen molar-refractivity contribution in [3.8, 4) is 17.2 Å². The van der Waals surface area contributed by atoms with E-state index >= 15 is 0 Å². The number of ether oxygens (including phenoxy) is 3. The Bertz CT molecular complexity index is 999. The summed E-state index contributed by atoms with van der Waals surface area (Å²) >= 11 is 0. The molecule has 0 radical (unpaired) electrons. The first-order valence-corrected chi connectivity index (χ1v) is 12.1. The fourth-order valence-electron chi connectivity index (χ4n) is 4.00. The van der Waals surface area contributed by atoms with E-state index in [-0.39, 0.29) is 11.8 Å². The first kappa shape index (κ1) is 30.2. The number of hydrogen-bond acceptors (Lipinski definition) is 8. The number of carbonyl (C=O) groups excluding carboxylic acids is 2. The van der Waals surface area contributed by atoms with Crippen molar-refractivity contribution in [3.63, 3.8) is 0 Å². The van der Waals surface area contributed by atoms with Crippen molar-refractivity contribution in [2.45, 2.75) is 12.8 Å². The van der Waals surface area contributed by atoms with Crippen LogP contribution < -0.4 is 14.2 Å². The second-order valence-electron chi connectivity index (χ2n) is 8.49. The number of amides is 2. The van der Waals surface area contributed by atoms with Gasteiger partial charge in [-0.15, -0.1) is 0 Å². The van der Waals surface area contributed by atoms with Crippen LogP contribution in [0.15, 0.2) is 30.4 Å². The molecular weight excluding hydrogens is 498 g/mol. The fraction of sp³-hybridized carbons (Fsp3) is 0.462. The summed E-state index contributed by atoms with van der Waals surface area (Å²) in [5.74, 6) is -0.757. The normalized spacial score (nSPS) is 15.8. The number of rotatable bonds is 9. The number of nitrogens with zero attached hydrogens (tertiary/aromatic N) is 3. The maximum atomic E-state index is 12.6. The van der Waals surface area contributed by atoms with Crippen LogP contribution in [0.4, 0.5) is 0 Å². The van der Waals surface area contributed by atoms with Crippen molar-refractivity contribution < 1.29 is 43.6 Å². The molecule has 2 saturated heterocycles. The van der Waals surface area contributed by atoms with E-state index in [2.05, 4.69) is 4.90 Å². The van der Waals surface area contributed by atoms with Gasteiger partial charge in [0, 0.05) is 57.5 Å². The van der Waals surface area contributed by atoms with Crippen molar-refractivity contribution in [1.82, 2.24) is 14.7 Å². The molecule has 2 amide bonds. The molecule has 0 aliphatic carbocycles. The highest BCUT2D eigenvalue weighted by Gasteiger charge is 2.24. The Morgan fingerprint density at radius 3 is 1.74 bits per heavy atom. The second kappa shape index (κ2) is 15.3. The van der Waals surface area contributed by atoms with Crippen LogP contribution in [0.1, 0.15) is 18.4 Å². The Labute approximate surface area is 221 Å². The molecule has 2 fully saturated rings. The molecule has 1 aromatic rings. The van der Waals surface area contributed by atoms with Crippen molar-refractivity contribution in [2.75, 3.05) is 67.1 Å². The van der Waals surface area contributed by atoms with Crippen LogP contribution in [-0.4, -0.2) is 116 Å². The van der Waals surface area contributed by atoms with Gasteiger partial charge in [-0.2, -0.15) is 0 Å². The van der Waals surface area contributed by atoms with E-state index in [0.717, 1.165) is 31.5 Å². The first-order valence-electron chi connectivity index (χ1n) is 12.1. The number of likely N-dealkylation sites (tertiary alicyclic amines) is 1. The third kappa shape index (κ3) is 9.43. The zero-order chi connectivity index (χ0) is 28.1. The maximum Gasteiger partial charge on any atom is 0.328 e. The van der Waals surface area contributed by atoms with Gasteiger partial charge in [0.25, 0.3) is 0 Å². The average molecular weight is 534 g/mol. The quantitative estimate of drug-likeness (QED) is 0.444. The fourth-order valence-corrected chi connectivity index (χ4v) is 4.00. The van der Waals surface area contributed by atoms with E-state index < -0.39 is 11.9 Å². The molecule has 0 atom stereocenters. The van der Waals surface area contributed by atoms with E-state index in [1.807, 2.05) is 9.80 Å². The molecule has 3 rings (SSSR count). The number of hydrogen-bond donors (Lipinski definition) is 2. The van der Waals surface area contributed by atoms with Gasteiger partial charge >= 0.3 is 11.9 Å². The van der Waals surface area contributed by atoms with Crippen molar-refractivity contribution in [2.24, 2.45) is 0 Å². The Morgan fingerprint density at radius 1 is 0.763 bits per heavy atom. The molecule has 0 bridgehead atoms. The minimum absolute atomic E-state index is 0.0470. The molecule has 12 heteroatoms. The molecular formula is C26H35N3O9. The Morgan fingerprint density at radius 2 is 1.29 bits per heavy atom. The third-order valence-electron chi connectivity index (χ3n) is 5.98. The monoisotopic (exact) mass is 533 g/mol. The first-order chi connectivity index (χ1) is 18.2. The molecule has 208 valence electrons. The van der Waals surface area contributed by atoms with Crippen LogP contribution >= 0.6 is 0 Å². The number of piperazine rings is 1. The minimum Gasteiger partial charge on any atom is -0.493 e. The number of carbonyl (C=O) groups is 4. The average Bonchev–Trinajstić information content (AvgIpc) is 3.46. The smallest absolute Gasteiger partial charge is 0.328 e. The highest BCUT2D eigenvalue weighted by atomic mass is 16.5. The van der Waals surface area contributed by atoms with Gasteiger partial charge in [-0.05, 0) is 36.6 Å². The summed E-state index contributed by atoms with van der Waals surface area (Å²) in [6, 6.07) is 3.60. The maximum absolute atomic E-state index is 12.6. The van der Waals surface area contributed by atoms with Gasteiger partial charge < -0.3 is 34.2 Å². The summed E-state index contributed by atoms with van der Waals surface area (Å²) < 4.78 is 16.0. The van der Waals surface area contributed by atoms with Crippen LogP contribution in [0, 0.1) is 0 Å². The number of methoxy groups -OCH3 is 3. The number of aliphatic carboxylic acids is 2. The molecule has 2 heterocycles. The highest BCUT2D eigenvalue weighted by Crippen LogP contribution is 2.38. The van der Waals surface area contributed by atoms with Crippen LogP contribution in [0.3, 0.4) is 0 Å². The van der Waals surface area contributed by atoms with Gasteiger partial charge in [-0.3, -0.25) is 14.5 Å². The number of carboxylic acid groups (broad SMARTS) is 2. The largest absolute Gasteiger partial charge is 0.493 e. The standard InChI is InChI=1S/C22H31N3O5.C4H4O4/c1-28-18-14-17(15-19(29-2)22(18)30-3)6-7-20(26)25-12-10-23(11-13-25)16-21(27)24-8-4-5-9-24;5-3(6)1-2-4(7)8/h6-7,14-15H,4-5,8-13,16H2,1-3H3;1-2H,(H,5,6)(H,7,8). The SMILES string of the molecule is COc1cc(C=CC(=O)N2CCN(CC(=O)N3CCCC3)CC2)cc(OC)c1OC.O=C(O)C=CC(=O)O. The second-order valence-corrected chi connectivity index (χ2v) is 8.49. The van der Waals surface area contributed by atoms with E-state index in [0.29, 0.717) is 62.1 Å². The summed E-state index contributed by atoms with van der Waals surface area (Å²) in [5.41, 5.74) is 0.785. The summed E-state index contributed by atoms with van der Waals surface area (Å²) in [5, 5.41) is 15.6. The molecule has 2 N–H and O–H groups in total. The Balaban J connectivity index is 0.000000550. The van der Waals surface area contributed by atoms with Crippen molar-refractivity contribution >= 4 is 29.8 Å². The predicted octanol–water partition coefficient (Wildman–Crippen LogP) is 1.20. The van der Waals surface area contributed by atoms with E-state index in [9.17, 15) is 19.2 Å². The minimum atomic E-state index is -1.26.